The number of hydrogen-bond acceptors (Lipinski definition) is 3. The van der Waals surface area contributed by atoms with Crippen LogP contribution in [0.25, 0.3) is 0 Å². The molecule has 0 aliphatic carbocycles. The second-order valence-electron chi connectivity index (χ2n) is 11.7. The number of methoxy groups -OCH3 is 1. The van der Waals surface area contributed by atoms with Gasteiger partial charge in [-0.3, -0.25) is 4.99 Å². The maximum atomic E-state index is 6.40. The molecular formula is C31H48NO2P. The van der Waals surface area contributed by atoms with Crippen LogP contribution in [0.2, 0.25) is 0 Å². The monoisotopic (exact) mass is 497 g/mol. The molecule has 194 valence electrons. The number of benzene rings is 2. The molecule has 0 aliphatic rings. The van der Waals surface area contributed by atoms with E-state index in [-0.39, 0.29) is 22.9 Å². The van der Waals surface area contributed by atoms with E-state index < -0.39 is 0 Å². The van der Waals surface area contributed by atoms with Gasteiger partial charge in [0, 0.05) is 29.6 Å². The van der Waals surface area contributed by atoms with Gasteiger partial charge in [-0.25, -0.2) is 0 Å². The Morgan fingerprint density at radius 2 is 1.63 bits per heavy atom. The second-order valence-corrected chi connectivity index (χ2v) is 13.4. The molecule has 4 heteroatoms. The third-order valence-corrected chi connectivity index (χ3v) is 8.44. The molecule has 3 nitrogen and oxygen atoms in total. The molecule has 2 atom stereocenters. The molecule has 0 N–H and O–H groups in total. The number of rotatable bonds is 11. The highest BCUT2D eigenvalue weighted by Crippen LogP contribution is 2.53. The van der Waals surface area contributed by atoms with Gasteiger partial charge in [0.05, 0.1) is 5.54 Å². The first-order chi connectivity index (χ1) is 16.4. The minimum absolute atomic E-state index is 0.0171. The fourth-order valence-corrected chi connectivity index (χ4v) is 6.19. The summed E-state index contributed by atoms with van der Waals surface area (Å²) < 4.78 is 11.8. The molecule has 0 aromatic heterocycles. The maximum Gasteiger partial charge on any atom is 0.188 e. The largest absolute Gasteiger partial charge is 0.467 e. The number of nitrogens with zero attached hydrogens (tertiary/aromatic N) is 1. The summed E-state index contributed by atoms with van der Waals surface area (Å²) in [6.07, 6.45) is 6.60. The number of hydrogen-bond donors (Lipinski definition) is 0. The Morgan fingerprint density at radius 3 is 2.20 bits per heavy atom. The molecule has 2 aromatic rings. The van der Waals surface area contributed by atoms with Gasteiger partial charge in [-0.1, -0.05) is 98.0 Å². The van der Waals surface area contributed by atoms with E-state index in [1.807, 2.05) is 0 Å². The van der Waals surface area contributed by atoms with Gasteiger partial charge >= 0.3 is 0 Å². The average Bonchev–Trinajstić information content (AvgIpc) is 2.78. The minimum atomic E-state index is -0.0976. The molecule has 2 unspecified atom stereocenters. The lowest BCUT2D eigenvalue weighted by atomic mass is 9.80. The summed E-state index contributed by atoms with van der Waals surface area (Å²) in [7, 11) is 2.31. The summed E-state index contributed by atoms with van der Waals surface area (Å²) in [5, 5.41) is 1.35. The van der Waals surface area contributed by atoms with Crippen molar-refractivity contribution in [2.24, 2.45) is 4.99 Å². The fourth-order valence-electron chi connectivity index (χ4n) is 4.40. The zero-order chi connectivity index (χ0) is 26.3. The van der Waals surface area contributed by atoms with Crippen molar-refractivity contribution in [3.8, 4) is 5.75 Å². The van der Waals surface area contributed by atoms with Crippen molar-refractivity contribution in [2.45, 2.75) is 104 Å². The van der Waals surface area contributed by atoms with Crippen LogP contribution in [0.1, 0.15) is 103 Å². The van der Waals surface area contributed by atoms with Crippen LogP contribution >= 0.6 is 8.58 Å². The quantitative estimate of drug-likeness (QED) is 0.178. The van der Waals surface area contributed by atoms with Crippen LogP contribution in [0.4, 0.5) is 0 Å². The van der Waals surface area contributed by atoms with Gasteiger partial charge in [0.2, 0.25) is 0 Å². The SMILES string of the molecule is CCCCC(CC)(Pc1ccccc1/C=N/C(C)(C)C)c1cc(C)cc(C(C)(C)C)c1OCOC. The van der Waals surface area contributed by atoms with Gasteiger partial charge in [0.25, 0.3) is 0 Å². The number of aliphatic imine (C=N–C) groups is 1. The predicted molar refractivity (Wildman–Crippen MR) is 156 cm³/mol. The summed E-state index contributed by atoms with van der Waals surface area (Å²) in [6.45, 7) is 20.3. The lowest BCUT2D eigenvalue weighted by molar-refractivity contribution is 0.0485. The molecule has 0 saturated heterocycles. The van der Waals surface area contributed by atoms with E-state index in [1.165, 1.54) is 40.4 Å². The standard InChI is InChI=1S/C31H48NO2P/c1-11-13-18-31(12-2,35-27-17-15-14-16-24(27)21-32-30(7,8)9)26-20-23(3)19-25(29(4,5)6)28(26)34-22-33-10/h14-17,19-21,35H,11-13,18,22H2,1-10H3/b32-21+. The molecule has 0 radical (unpaired) electrons. The first-order valence-electron chi connectivity index (χ1n) is 13.1. The van der Waals surface area contributed by atoms with E-state index in [0.29, 0.717) is 8.58 Å². The van der Waals surface area contributed by atoms with Crippen molar-refractivity contribution in [3.05, 3.63) is 58.7 Å². The normalized spacial score (nSPS) is 14.7. The van der Waals surface area contributed by atoms with Crippen molar-refractivity contribution >= 4 is 20.1 Å². The van der Waals surface area contributed by atoms with E-state index >= 15 is 0 Å². The smallest absolute Gasteiger partial charge is 0.188 e. The van der Waals surface area contributed by atoms with Crippen LogP contribution in [0, 0.1) is 6.92 Å². The summed E-state index contributed by atoms with van der Waals surface area (Å²) in [6, 6.07) is 13.4. The third-order valence-electron chi connectivity index (χ3n) is 6.36. The van der Waals surface area contributed by atoms with Crippen LogP contribution < -0.4 is 10.0 Å². The topological polar surface area (TPSA) is 30.8 Å². The minimum Gasteiger partial charge on any atom is -0.467 e. The molecule has 0 aliphatic heterocycles. The van der Waals surface area contributed by atoms with Crippen LogP contribution in [0.5, 0.6) is 5.75 Å². The van der Waals surface area contributed by atoms with E-state index in [1.54, 1.807) is 7.11 Å². The predicted octanol–water partition coefficient (Wildman–Crippen LogP) is 8.29. The summed E-state index contributed by atoms with van der Waals surface area (Å²) in [5.41, 5.74) is 4.96. The number of unbranched alkanes of at least 4 members (excludes halogenated alkanes) is 1. The number of aryl methyl sites for hydroxylation is 1. The first-order valence-corrected chi connectivity index (χ1v) is 14.1. The molecule has 0 amide bonds. The van der Waals surface area contributed by atoms with Gasteiger partial charge in [0.1, 0.15) is 5.75 Å². The zero-order valence-electron chi connectivity index (χ0n) is 23.8. The number of ether oxygens (including phenoxy) is 2. The average molecular weight is 498 g/mol. The van der Waals surface area contributed by atoms with Crippen molar-refractivity contribution in [3.63, 3.8) is 0 Å². The zero-order valence-corrected chi connectivity index (χ0v) is 24.8. The second kappa shape index (κ2) is 12.5. The summed E-state index contributed by atoms with van der Waals surface area (Å²) >= 11 is 0. The first kappa shape index (κ1) is 29.5. The molecule has 0 saturated carbocycles. The van der Waals surface area contributed by atoms with Crippen LogP contribution in [0.3, 0.4) is 0 Å². The highest BCUT2D eigenvalue weighted by atomic mass is 31.1. The Hall–Kier alpha value is -1.70. The Bertz CT molecular complexity index is 984. The maximum absolute atomic E-state index is 6.40. The lowest BCUT2D eigenvalue weighted by Gasteiger charge is -2.38. The van der Waals surface area contributed by atoms with Gasteiger partial charge in [-0.05, 0) is 56.8 Å². The Labute approximate surface area is 216 Å². The molecular weight excluding hydrogens is 449 g/mol. The van der Waals surface area contributed by atoms with E-state index in [2.05, 4.69) is 105 Å². The molecule has 35 heavy (non-hydrogen) atoms. The Morgan fingerprint density at radius 1 is 0.971 bits per heavy atom. The van der Waals surface area contributed by atoms with Crippen molar-refractivity contribution < 1.29 is 9.47 Å². The molecule has 0 heterocycles. The molecule has 2 rings (SSSR count). The highest BCUT2D eigenvalue weighted by Gasteiger charge is 2.36. The van der Waals surface area contributed by atoms with E-state index in [4.69, 9.17) is 14.5 Å². The molecule has 0 bridgehead atoms. The molecule has 0 spiro atoms. The Balaban J connectivity index is 2.76. The highest BCUT2D eigenvalue weighted by molar-refractivity contribution is 7.48. The summed E-state index contributed by atoms with van der Waals surface area (Å²) in [4.78, 5) is 4.83. The van der Waals surface area contributed by atoms with E-state index in [0.717, 1.165) is 18.6 Å². The molecule has 2 aromatic carbocycles. The van der Waals surface area contributed by atoms with Crippen LogP contribution in [0.15, 0.2) is 41.4 Å². The van der Waals surface area contributed by atoms with E-state index in [9.17, 15) is 0 Å². The van der Waals surface area contributed by atoms with Gasteiger partial charge in [-0.2, -0.15) is 0 Å². The van der Waals surface area contributed by atoms with Crippen molar-refractivity contribution in [2.75, 3.05) is 13.9 Å². The van der Waals surface area contributed by atoms with Crippen molar-refractivity contribution in [1.82, 2.24) is 0 Å². The van der Waals surface area contributed by atoms with Gasteiger partial charge in [0.15, 0.2) is 6.79 Å². The third kappa shape index (κ3) is 8.16. The fraction of sp³-hybridized carbons (Fsp3) is 0.581. The van der Waals surface area contributed by atoms with Crippen LogP contribution in [-0.2, 0) is 15.3 Å². The Kier molecular flexibility index (Phi) is 10.6. The van der Waals surface area contributed by atoms with Crippen molar-refractivity contribution in [1.29, 1.82) is 0 Å². The lowest BCUT2D eigenvalue weighted by Crippen LogP contribution is -2.27. The van der Waals surface area contributed by atoms with Crippen LogP contribution in [-0.4, -0.2) is 25.7 Å². The van der Waals surface area contributed by atoms with Gasteiger partial charge < -0.3 is 9.47 Å². The molecule has 0 fully saturated rings. The van der Waals surface area contributed by atoms with Gasteiger partial charge in [-0.15, -0.1) is 0 Å². The summed E-state index contributed by atoms with van der Waals surface area (Å²) in [5.74, 6) is 1.01.